The van der Waals surface area contributed by atoms with Crippen LogP contribution >= 0.6 is 11.8 Å². The predicted octanol–water partition coefficient (Wildman–Crippen LogP) is 3.54. The van der Waals surface area contributed by atoms with Crippen molar-refractivity contribution in [2.45, 2.75) is 24.5 Å². The minimum atomic E-state index is -4.43. The SMILES string of the molecule is CCc1ccccc1NC(=O)CN1CCN(C(=O)CSc2ccc(C(F)(F)F)cn2)CC1. The second kappa shape index (κ2) is 10.8. The summed E-state index contributed by atoms with van der Waals surface area (Å²) in [5.74, 6) is -0.0839. The van der Waals surface area contributed by atoms with Gasteiger partial charge in [-0.2, -0.15) is 13.2 Å². The summed E-state index contributed by atoms with van der Waals surface area (Å²) in [4.78, 5) is 32.3. The minimum absolute atomic E-state index is 0.0883. The summed E-state index contributed by atoms with van der Waals surface area (Å²) in [6.45, 7) is 4.45. The highest BCUT2D eigenvalue weighted by molar-refractivity contribution is 7.99. The molecule has 2 heterocycles. The zero-order valence-corrected chi connectivity index (χ0v) is 18.5. The lowest BCUT2D eigenvalue weighted by Crippen LogP contribution is -2.50. The average molecular weight is 467 g/mol. The number of alkyl halides is 3. The van der Waals surface area contributed by atoms with Crippen molar-refractivity contribution in [1.29, 1.82) is 0 Å². The Kier molecular flexibility index (Phi) is 8.14. The summed E-state index contributed by atoms with van der Waals surface area (Å²) in [7, 11) is 0. The first-order valence-electron chi connectivity index (χ1n) is 10.3. The van der Waals surface area contributed by atoms with Gasteiger partial charge in [0.05, 0.1) is 22.9 Å². The molecule has 0 spiro atoms. The van der Waals surface area contributed by atoms with Crippen molar-refractivity contribution in [2.24, 2.45) is 0 Å². The first-order valence-corrected chi connectivity index (χ1v) is 11.3. The van der Waals surface area contributed by atoms with Gasteiger partial charge in [0.25, 0.3) is 0 Å². The second-order valence-corrected chi connectivity index (χ2v) is 8.38. The van der Waals surface area contributed by atoms with Crippen LogP contribution in [0.3, 0.4) is 0 Å². The van der Waals surface area contributed by atoms with E-state index in [1.54, 1.807) is 4.90 Å². The molecule has 0 radical (unpaired) electrons. The Balaban J connectivity index is 1.41. The Hall–Kier alpha value is -2.59. The largest absolute Gasteiger partial charge is 0.417 e. The van der Waals surface area contributed by atoms with Crippen LogP contribution in [0, 0.1) is 0 Å². The first kappa shape index (κ1) is 24.1. The zero-order valence-electron chi connectivity index (χ0n) is 17.7. The number of piperazine rings is 1. The molecule has 1 saturated heterocycles. The number of carbonyl (C=O) groups is 2. The monoisotopic (exact) mass is 466 g/mol. The van der Waals surface area contributed by atoms with Gasteiger partial charge >= 0.3 is 6.18 Å². The van der Waals surface area contributed by atoms with Crippen LogP contribution in [0.4, 0.5) is 18.9 Å². The van der Waals surface area contributed by atoms with Gasteiger partial charge in [-0.05, 0) is 30.2 Å². The number of aryl methyl sites for hydroxylation is 1. The number of pyridine rings is 1. The van der Waals surface area contributed by atoms with Gasteiger partial charge in [0.1, 0.15) is 0 Å². The molecular weight excluding hydrogens is 441 g/mol. The number of para-hydroxylation sites is 1. The molecule has 0 bridgehead atoms. The van der Waals surface area contributed by atoms with Crippen LogP contribution in [-0.2, 0) is 22.2 Å². The van der Waals surface area contributed by atoms with Crippen LogP contribution in [0.25, 0.3) is 0 Å². The fraction of sp³-hybridized carbons (Fsp3) is 0.409. The topological polar surface area (TPSA) is 65.5 Å². The van der Waals surface area contributed by atoms with Crippen LogP contribution in [0.1, 0.15) is 18.1 Å². The maximum atomic E-state index is 12.6. The van der Waals surface area contributed by atoms with Gasteiger partial charge in [-0.1, -0.05) is 36.9 Å². The molecule has 3 rings (SSSR count). The third-order valence-corrected chi connectivity index (χ3v) is 6.10. The molecule has 172 valence electrons. The Morgan fingerprint density at radius 3 is 2.44 bits per heavy atom. The number of nitrogens with zero attached hydrogens (tertiary/aromatic N) is 3. The van der Waals surface area contributed by atoms with Crippen molar-refractivity contribution in [3.63, 3.8) is 0 Å². The second-order valence-electron chi connectivity index (χ2n) is 7.39. The molecule has 2 aromatic rings. The van der Waals surface area contributed by atoms with Crippen molar-refractivity contribution in [3.8, 4) is 0 Å². The number of hydrogen-bond donors (Lipinski definition) is 1. The normalized spacial score (nSPS) is 14.9. The molecule has 0 aliphatic carbocycles. The zero-order chi connectivity index (χ0) is 23.1. The van der Waals surface area contributed by atoms with E-state index in [-0.39, 0.29) is 24.1 Å². The number of amides is 2. The van der Waals surface area contributed by atoms with Crippen molar-refractivity contribution in [1.82, 2.24) is 14.8 Å². The predicted molar refractivity (Wildman–Crippen MR) is 117 cm³/mol. The van der Waals surface area contributed by atoms with E-state index in [9.17, 15) is 22.8 Å². The van der Waals surface area contributed by atoms with Gasteiger partial charge in [0, 0.05) is 38.1 Å². The summed E-state index contributed by atoms with van der Waals surface area (Å²) < 4.78 is 37.8. The number of carbonyl (C=O) groups excluding carboxylic acids is 2. The Labute approximate surface area is 189 Å². The third kappa shape index (κ3) is 6.70. The number of thioether (sulfide) groups is 1. The molecule has 1 N–H and O–H groups in total. The maximum Gasteiger partial charge on any atom is 0.417 e. The molecule has 1 fully saturated rings. The molecule has 1 aliphatic rings. The quantitative estimate of drug-likeness (QED) is 0.633. The van der Waals surface area contributed by atoms with Gasteiger partial charge < -0.3 is 10.2 Å². The first-order chi connectivity index (χ1) is 15.3. The minimum Gasteiger partial charge on any atom is -0.339 e. The lowest BCUT2D eigenvalue weighted by atomic mass is 10.1. The number of rotatable bonds is 7. The van der Waals surface area contributed by atoms with Crippen LogP contribution in [0.15, 0.2) is 47.6 Å². The summed E-state index contributed by atoms with van der Waals surface area (Å²) in [5.41, 5.74) is 1.09. The van der Waals surface area contributed by atoms with Crippen molar-refractivity contribution in [2.75, 3.05) is 43.8 Å². The van der Waals surface area contributed by atoms with Gasteiger partial charge in [-0.3, -0.25) is 14.5 Å². The van der Waals surface area contributed by atoms with E-state index in [2.05, 4.69) is 10.3 Å². The Morgan fingerprint density at radius 1 is 1.09 bits per heavy atom. The Morgan fingerprint density at radius 2 is 1.81 bits per heavy atom. The van der Waals surface area contributed by atoms with E-state index in [1.165, 1.54) is 6.07 Å². The van der Waals surface area contributed by atoms with Gasteiger partial charge in [-0.15, -0.1) is 0 Å². The molecule has 0 atom stereocenters. The molecule has 1 aliphatic heterocycles. The molecule has 0 unspecified atom stereocenters. The number of aromatic nitrogens is 1. The third-order valence-electron chi connectivity index (χ3n) is 5.17. The lowest BCUT2D eigenvalue weighted by molar-refractivity contribution is -0.138. The fourth-order valence-corrected chi connectivity index (χ4v) is 4.10. The molecule has 0 saturated carbocycles. The van der Waals surface area contributed by atoms with E-state index in [0.717, 1.165) is 41.7 Å². The summed E-state index contributed by atoms with van der Waals surface area (Å²) in [6.07, 6.45) is -2.82. The van der Waals surface area contributed by atoms with Crippen molar-refractivity contribution in [3.05, 3.63) is 53.7 Å². The van der Waals surface area contributed by atoms with Crippen molar-refractivity contribution >= 4 is 29.3 Å². The number of nitrogens with one attached hydrogen (secondary N) is 1. The summed E-state index contributed by atoms with van der Waals surface area (Å²) in [6, 6.07) is 9.93. The Bertz CT molecular complexity index is 930. The van der Waals surface area contributed by atoms with E-state index in [1.807, 2.05) is 36.1 Å². The highest BCUT2D eigenvalue weighted by Crippen LogP contribution is 2.29. The standard InChI is InChI=1S/C22H25F3N4O2S/c1-2-16-5-3-4-6-18(16)27-19(30)14-28-9-11-29(12-10-28)21(31)15-32-20-8-7-17(13-26-20)22(23,24)25/h3-8,13H,2,9-12,14-15H2,1H3,(H,27,30). The number of hydrogen-bond acceptors (Lipinski definition) is 5. The summed E-state index contributed by atoms with van der Waals surface area (Å²) >= 11 is 1.11. The molecular formula is C22H25F3N4O2S. The lowest BCUT2D eigenvalue weighted by Gasteiger charge is -2.34. The van der Waals surface area contributed by atoms with E-state index >= 15 is 0 Å². The molecule has 1 aromatic carbocycles. The van der Waals surface area contributed by atoms with Crippen LogP contribution < -0.4 is 5.32 Å². The van der Waals surface area contributed by atoms with Crippen LogP contribution in [0.5, 0.6) is 0 Å². The molecule has 6 nitrogen and oxygen atoms in total. The van der Waals surface area contributed by atoms with Crippen molar-refractivity contribution < 1.29 is 22.8 Å². The maximum absolute atomic E-state index is 12.6. The highest BCUT2D eigenvalue weighted by atomic mass is 32.2. The number of halogens is 3. The number of benzene rings is 1. The van der Waals surface area contributed by atoms with Gasteiger partial charge in [-0.25, -0.2) is 4.98 Å². The van der Waals surface area contributed by atoms with E-state index < -0.39 is 11.7 Å². The molecule has 10 heteroatoms. The van der Waals surface area contributed by atoms with E-state index in [0.29, 0.717) is 31.2 Å². The summed E-state index contributed by atoms with van der Waals surface area (Å²) in [5, 5.41) is 3.32. The molecule has 1 aromatic heterocycles. The van der Waals surface area contributed by atoms with Crippen LogP contribution in [-0.4, -0.2) is 65.1 Å². The number of anilines is 1. The van der Waals surface area contributed by atoms with E-state index in [4.69, 9.17) is 0 Å². The van der Waals surface area contributed by atoms with Crippen LogP contribution in [0.2, 0.25) is 0 Å². The van der Waals surface area contributed by atoms with Gasteiger partial charge in [0.2, 0.25) is 11.8 Å². The highest BCUT2D eigenvalue weighted by Gasteiger charge is 2.30. The smallest absolute Gasteiger partial charge is 0.339 e. The molecule has 32 heavy (non-hydrogen) atoms. The average Bonchev–Trinajstić information content (AvgIpc) is 2.78. The molecule has 2 amide bonds. The fourth-order valence-electron chi connectivity index (χ4n) is 3.36. The van der Waals surface area contributed by atoms with Gasteiger partial charge in [0.15, 0.2) is 0 Å².